The van der Waals surface area contributed by atoms with Crippen LogP contribution in [0, 0.1) is 23.2 Å². The molecule has 2 rings (SSSR count). The summed E-state index contributed by atoms with van der Waals surface area (Å²) in [6.45, 7) is 17.1. The van der Waals surface area contributed by atoms with Crippen molar-refractivity contribution in [1.29, 1.82) is 0 Å². The van der Waals surface area contributed by atoms with Crippen LogP contribution in [-0.4, -0.2) is 26.1 Å². The summed E-state index contributed by atoms with van der Waals surface area (Å²) in [6, 6.07) is 0. The molecule has 0 amide bonds. The molecule has 2 aliphatic rings. The van der Waals surface area contributed by atoms with E-state index in [1.54, 1.807) is 0 Å². The van der Waals surface area contributed by atoms with Gasteiger partial charge in [0.05, 0.1) is 0 Å². The predicted octanol–water partition coefficient (Wildman–Crippen LogP) is 5.61. The summed E-state index contributed by atoms with van der Waals surface area (Å²) in [6.07, 6.45) is 8.02. The highest BCUT2D eigenvalue weighted by atomic mass is 28.4. The molecule has 2 saturated carbocycles. The predicted molar refractivity (Wildman–Crippen MR) is 101 cm³/mol. The number of hydrogen-bond acceptors (Lipinski definition) is 2. The molecule has 0 radical (unpaired) electrons. The lowest BCUT2D eigenvalue weighted by atomic mass is 9.61. The Morgan fingerprint density at radius 2 is 1.87 bits per heavy atom. The van der Waals surface area contributed by atoms with Crippen molar-refractivity contribution in [3.05, 3.63) is 0 Å². The maximum absolute atomic E-state index is 9.35. The third-order valence-corrected chi connectivity index (χ3v) is 12.2. The molecule has 2 aliphatic carbocycles. The van der Waals surface area contributed by atoms with Crippen molar-refractivity contribution < 1.29 is 9.53 Å². The van der Waals surface area contributed by atoms with E-state index in [1.165, 1.54) is 32.1 Å². The van der Waals surface area contributed by atoms with E-state index in [1.807, 2.05) is 0 Å². The topological polar surface area (TPSA) is 29.5 Å². The third kappa shape index (κ3) is 3.72. The molecule has 3 heteroatoms. The minimum absolute atomic E-state index is 0.295. The van der Waals surface area contributed by atoms with Crippen LogP contribution in [0.5, 0.6) is 0 Å². The zero-order chi connectivity index (χ0) is 17.5. The van der Waals surface area contributed by atoms with Crippen molar-refractivity contribution in [2.45, 2.75) is 97.4 Å². The Balaban J connectivity index is 2.15. The summed E-state index contributed by atoms with van der Waals surface area (Å²) in [5.74, 6) is 2.14. The second-order valence-corrected chi connectivity index (χ2v) is 14.9. The lowest BCUT2D eigenvalue weighted by Gasteiger charge is -2.50. The molecule has 0 spiro atoms. The van der Waals surface area contributed by atoms with Crippen LogP contribution in [0.3, 0.4) is 0 Å². The van der Waals surface area contributed by atoms with Gasteiger partial charge in [0.2, 0.25) is 0 Å². The maximum Gasteiger partial charge on any atom is 0.192 e. The van der Waals surface area contributed by atoms with Crippen molar-refractivity contribution in [1.82, 2.24) is 0 Å². The molecule has 0 aliphatic heterocycles. The van der Waals surface area contributed by atoms with Gasteiger partial charge in [0.1, 0.15) is 0 Å². The number of aliphatic hydroxyl groups excluding tert-OH is 1. The molecule has 0 bridgehead atoms. The van der Waals surface area contributed by atoms with Crippen molar-refractivity contribution in [2.75, 3.05) is 6.61 Å². The molecular formula is C20H40O2Si. The van der Waals surface area contributed by atoms with E-state index in [-0.39, 0.29) is 0 Å². The molecule has 2 fully saturated rings. The highest BCUT2D eigenvalue weighted by molar-refractivity contribution is 6.74. The van der Waals surface area contributed by atoms with Crippen LogP contribution in [0.1, 0.15) is 73.1 Å². The lowest BCUT2D eigenvalue weighted by molar-refractivity contribution is -0.0223. The van der Waals surface area contributed by atoms with Gasteiger partial charge in [0.25, 0.3) is 0 Å². The first-order valence-electron chi connectivity index (χ1n) is 9.81. The van der Waals surface area contributed by atoms with Gasteiger partial charge < -0.3 is 9.53 Å². The van der Waals surface area contributed by atoms with Gasteiger partial charge in [-0.2, -0.15) is 0 Å². The number of rotatable bonds is 5. The Labute approximate surface area is 145 Å². The van der Waals surface area contributed by atoms with Crippen LogP contribution in [0.4, 0.5) is 0 Å². The van der Waals surface area contributed by atoms with Gasteiger partial charge in [-0.1, -0.05) is 41.0 Å². The monoisotopic (exact) mass is 340 g/mol. The van der Waals surface area contributed by atoms with Gasteiger partial charge >= 0.3 is 0 Å². The van der Waals surface area contributed by atoms with E-state index in [0.717, 1.165) is 18.3 Å². The Hall–Kier alpha value is 0.137. The van der Waals surface area contributed by atoms with E-state index in [2.05, 4.69) is 47.7 Å². The van der Waals surface area contributed by atoms with E-state index >= 15 is 0 Å². The molecule has 136 valence electrons. The Kier molecular flexibility index (Phi) is 5.75. The molecule has 1 N–H and O–H groups in total. The minimum Gasteiger partial charge on any atom is -0.414 e. The average molecular weight is 341 g/mol. The fourth-order valence-electron chi connectivity index (χ4n) is 5.20. The van der Waals surface area contributed by atoms with E-state index in [9.17, 15) is 5.11 Å². The fraction of sp³-hybridized carbons (Fsp3) is 1.00. The van der Waals surface area contributed by atoms with Crippen molar-refractivity contribution in [3.63, 3.8) is 0 Å². The van der Waals surface area contributed by atoms with Crippen LogP contribution >= 0.6 is 0 Å². The number of hydrogen-bond donors (Lipinski definition) is 1. The minimum atomic E-state index is -1.69. The second kappa shape index (κ2) is 6.80. The van der Waals surface area contributed by atoms with E-state index in [0.29, 0.717) is 29.1 Å². The first-order valence-corrected chi connectivity index (χ1v) is 12.7. The molecule has 23 heavy (non-hydrogen) atoms. The number of fused-ring (bicyclic) bond motifs is 1. The van der Waals surface area contributed by atoms with Gasteiger partial charge in [0.15, 0.2) is 8.32 Å². The zero-order valence-corrected chi connectivity index (χ0v) is 17.6. The second-order valence-electron chi connectivity index (χ2n) is 10.1. The molecule has 0 heterocycles. The SMILES string of the molecule is C[C@H](CCO)[C@H]1CC[C@H]2C(O[Si](C)(C)C(C)(C)C)CCC[C@]12C. The summed E-state index contributed by atoms with van der Waals surface area (Å²) in [4.78, 5) is 0. The lowest BCUT2D eigenvalue weighted by Crippen LogP contribution is -2.50. The van der Waals surface area contributed by atoms with Crippen molar-refractivity contribution in [3.8, 4) is 0 Å². The van der Waals surface area contributed by atoms with E-state index < -0.39 is 8.32 Å². The summed E-state index contributed by atoms with van der Waals surface area (Å²) < 4.78 is 6.90. The van der Waals surface area contributed by atoms with Crippen LogP contribution in [0.25, 0.3) is 0 Å². The van der Waals surface area contributed by atoms with Gasteiger partial charge in [-0.15, -0.1) is 0 Å². The van der Waals surface area contributed by atoms with Gasteiger partial charge in [-0.05, 0) is 73.4 Å². The zero-order valence-electron chi connectivity index (χ0n) is 16.6. The normalized spacial score (nSPS) is 36.8. The van der Waals surface area contributed by atoms with Gasteiger partial charge in [0, 0.05) is 12.7 Å². The standard InChI is InChI=1S/C20H40O2Si/c1-15(12-14-21)16-10-11-17-18(9-8-13-20(16,17)5)22-23(6,7)19(2,3)4/h15-18,21H,8-14H2,1-7H3/t15-,16-,17+,18?,20-/m1/s1. The van der Waals surface area contributed by atoms with Crippen LogP contribution in [-0.2, 0) is 4.43 Å². The van der Waals surface area contributed by atoms with Crippen LogP contribution in [0.2, 0.25) is 18.1 Å². The molecule has 0 saturated heterocycles. The van der Waals surface area contributed by atoms with Crippen molar-refractivity contribution in [2.24, 2.45) is 23.2 Å². The summed E-state index contributed by atoms with van der Waals surface area (Å²) in [7, 11) is -1.69. The highest BCUT2D eigenvalue weighted by Gasteiger charge is 2.54. The highest BCUT2D eigenvalue weighted by Crippen LogP contribution is 2.59. The van der Waals surface area contributed by atoms with Gasteiger partial charge in [-0.25, -0.2) is 0 Å². The smallest absolute Gasteiger partial charge is 0.192 e. The quantitative estimate of drug-likeness (QED) is 0.659. The molecular weight excluding hydrogens is 300 g/mol. The average Bonchev–Trinajstić information content (AvgIpc) is 2.75. The molecule has 5 atom stereocenters. The Bertz CT molecular complexity index is 401. The molecule has 0 aromatic rings. The van der Waals surface area contributed by atoms with Crippen LogP contribution < -0.4 is 0 Å². The maximum atomic E-state index is 9.35. The summed E-state index contributed by atoms with van der Waals surface area (Å²) in [5.41, 5.74) is 0.430. The fourth-order valence-corrected chi connectivity index (χ4v) is 6.59. The summed E-state index contributed by atoms with van der Waals surface area (Å²) >= 11 is 0. The Morgan fingerprint density at radius 3 is 2.43 bits per heavy atom. The molecule has 0 aromatic heterocycles. The summed E-state index contributed by atoms with van der Waals surface area (Å²) in [5, 5.41) is 9.65. The third-order valence-electron chi connectivity index (χ3n) is 7.66. The molecule has 0 aromatic carbocycles. The first-order chi connectivity index (χ1) is 10.5. The first kappa shape index (κ1) is 19.5. The largest absolute Gasteiger partial charge is 0.414 e. The Morgan fingerprint density at radius 1 is 1.22 bits per heavy atom. The van der Waals surface area contributed by atoms with Crippen molar-refractivity contribution >= 4 is 8.32 Å². The molecule has 1 unspecified atom stereocenters. The van der Waals surface area contributed by atoms with Crippen LogP contribution in [0.15, 0.2) is 0 Å². The van der Waals surface area contributed by atoms with E-state index in [4.69, 9.17) is 4.43 Å². The van der Waals surface area contributed by atoms with Gasteiger partial charge in [-0.3, -0.25) is 0 Å². The number of aliphatic hydroxyl groups is 1. The molecule has 2 nitrogen and oxygen atoms in total.